The first-order valence-electron chi connectivity index (χ1n) is 6.27. The highest BCUT2D eigenvalue weighted by atomic mass is 16.6. The zero-order valence-corrected chi connectivity index (χ0v) is 10.9. The highest BCUT2D eigenvalue weighted by Gasteiger charge is 2.12. The van der Waals surface area contributed by atoms with Gasteiger partial charge in [-0.2, -0.15) is 0 Å². The van der Waals surface area contributed by atoms with Crippen molar-refractivity contribution in [1.82, 2.24) is 4.98 Å². The molecule has 104 valence electrons. The van der Waals surface area contributed by atoms with E-state index in [1.165, 1.54) is 12.1 Å². The van der Waals surface area contributed by atoms with Crippen LogP contribution in [0, 0.1) is 10.1 Å². The van der Waals surface area contributed by atoms with Crippen molar-refractivity contribution in [2.75, 3.05) is 5.32 Å². The van der Waals surface area contributed by atoms with Crippen LogP contribution < -0.4 is 5.32 Å². The number of nitro benzene ring substituents is 1. The van der Waals surface area contributed by atoms with Crippen molar-refractivity contribution in [3.8, 4) is 0 Å². The van der Waals surface area contributed by atoms with E-state index in [0.29, 0.717) is 22.3 Å². The number of benzene rings is 2. The zero-order valence-electron chi connectivity index (χ0n) is 10.9. The maximum atomic E-state index is 12.1. The molecule has 0 aliphatic heterocycles. The van der Waals surface area contributed by atoms with Crippen molar-refractivity contribution in [2.45, 2.75) is 0 Å². The van der Waals surface area contributed by atoms with Crippen LogP contribution >= 0.6 is 0 Å². The minimum atomic E-state index is -0.462. The van der Waals surface area contributed by atoms with E-state index < -0.39 is 4.92 Å². The number of hydrogen-bond donors (Lipinski definition) is 2. The van der Waals surface area contributed by atoms with Crippen molar-refractivity contribution in [2.24, 2.45) is 0 Å². The fourth-order valence-electron chi connectivity index (χ4n) is 2.08. The Kier molecular flexibility index (Phi) is 3.12. The van der Waals surface area contributed by atoms with Crippen molar-refractivity contribution in [3.63, 3.8) is 0 Å². The first-order valence-corrected chi connectivity index (χ1v) is 6.27. The summed E-state index contributed by atoms with van der Waals surface area (Å²) in [4.78, 5) is 25.4. The van der Waals surface area contributed by atoms with Crippen LogP contribution in [0.3, 0.4) is 0 Å². The number of fused-ring (bicyclic) bond motifs is 1. The molecule has 1 heterocycles. The van der Waals surface area contributed by atoms with E-state index in [1.807, 2.05) is 18.2 Å². The lowest BCUT2D eigenvalue weighted by atomic mass is 10.2. The van der Waals surface area contributed by atoms with Crippen LogP contribution in [0.4, 0.5) is 11.4 Å². The molecular weight excluding hydrogens is 270 g/mol. The number of aromatic amines is 1. The molecule has 0 aliphatic rings. The maximum Gasteiger partial charge on any atom is 0.272 e. The topological polar surface area (TPSA) is 88.0 Å². The molecular formula is C15H11N3O3. The Morgan fingerprint density at radius 1 is 1.10 bits per heavy atom. The summed E-state index contributed by atoms with van der Waals surface area (Å²) >= 11 is 0. The summed E-state index contributed by atoms with van der Waals surface area (Å²) < 4.78 is 0. The molecule has 0 fully saturated rings. The van der Waals surface area contributed by atoms with E-state index in [1.54, 1.807) is 24.3 Å². The maximum absolute atomic E-state index is 12.1. The molecule has 1 aromatic heterocycles. The van der Waals surface area contributed by atoms with Gasteiger partial charge in [0.2, 0.25) is 0 Å². The molecule has 0 aliphatic carbocycles. The van der Waals surface area contributed by atoms with Crippen molar-refractivity contribution in [3.05, 3.63) is 70.4 Å². The summed E-state index contributed by atoms with van der Waals surface area (Å²) in [5.74, 6) is -0.292. The molecule has 3 rings (SSSR count). The van der Waals surface area contributed by atoms with E-state index in [-0.39, 0.29) is 11.6 Å². The Labute approximate surface area is 119 Å². The van der Waals surface area contributed by atoms with E-state index >= 15 is 0 Å². The van der Waals surface area contributed by atoms with Gasteiger partial charge in [-0.05, 0) is 24.3 Å². The molecule has 0 atom stereocenters. The summed E-state index contributed by atoms with van der Waals surface area (Å²) in [5.41, 5.74) is 1.72. The van der Waals surface area contributed by atoms with Gasteiger partial charge in [0, 0.05) is 28.7 Å². The molecule has 0 saturated heterocycles. The number of nitrogens with one attached hydrogen (secondary N) is 2. The molecule has 2 N–H and O–H groups in total. The van der Waals surface area contributed by atoms with Crippen molar-refractivity contribution in [1.29, 1.82) is 0 Å². The van der Waals surface area contributed by atoms with Gasteiger partial charge in [0.25, 0.3) is 11.6 Å². The molecule has 6 heteroatoms. The average molecular weight is 281 g/mol. The van der Waals surface area contributed by atoms with E-state index in [2.05, 4.69) is 10.3 Å². The predicted octanol–water partition coefficient (Wildman–Crippen LogP) is 3.33. The third-order valence-corrected chi connectivity index (χ3v) is 3.09. The first kappa shape index (κ1) is 12.9. The van der Waals surface area contributed by atoms with Crippen LogP contribution in [-0.4, -0.2) is 15.8 Å². The van der Waals surface area contributed by atoms with Crippen LogP contribution in [-0.2, 0) is 0 Å². The number of nitro groups is 1. The smallest absolute Gasteiger partial charge is 0.272 e. The lowest BCUT2D eigenvalue weighted by Crippen LogP contribution is -2.11. The SMILES string of the molecule is O=C(Nc1ccccc1)c1cc2cc([N+](=O)[O-])ccc2[nH]1. The van der Waals surface area contributed by atoms with E-state index in [9.17, 15) is 14.9 Å². The minimum Gasteiger partial charge on any atom is -0.351 e. The van der Waals surface area contributed by atoms with Crippen LogP contribution in [0.1, 0.15) is 10.5 Å². The molecule has 2 aromatic carbocycles. The molecule has 0 radical (unpaired) electrons. The van der Waals surface area contributed by atoms with Crippen LogP contribution in [0.2, 0.25) is 0 Å². The normalized spacial score (nSPS) is 10.5. The molecule has 1 amide bonds. The summed E-state index contributed by atoms with van der Waals surface area (Å²) in [6.45, 7) is 0. The number of amides is 1. The fraction of sp³-hybridized carbons (Fsp3) is 0. The number of para-hydroxylation sites is 1. The Morgan fingerprint density at radius 3 is 2.57 bits per heavy atom. The van der Waals surface area contributed by atoms with Crippen LogP contribution in [0.5, 0.6) is 0 Å². The van der Waals surface area contributed by atoms with Gasteiger partial charge >= 0.3 is 0 Å². The largest absolute Gasteiger partial charge is 0.351 e. The molecule has 21 heavy (non-hydrogen) atoms. The van der Waals surface area contributed by atoms with Crippen LogP contribution in [0.25, 0.3) is 10.9 Å². The van der Waals surface area contributed by atoms with Gasteiger partial charge in [-0.1, -0.05) is 18.2 Å². The van der Waals surface area contributed by atoms with Gasteiger partial charge in [-0.3, -0.25) is 14.9 Å². The van der Waals surface area contributed by atoms with Crippen molar-refractivity contribution >= 4 is 28.2 Å². The zero-order chi connectivity index (χ0) is 14.8. The van der Waals surface area contributed by atoms with Gasteiger partial charge in [0.1, 0.15) is 5.69 Å². The standard InChI is InChI=1S/C15H11N3O3/c19-15(16-11-4-2-1-3-5-11)14-9-10-8-12(18(20)21)6-7-13(10)17-14/h1-9,17H,(H,16,19). The second-order valence-corrected chi connectivity index (χ2v) is 4.53. The van der Waals surface area contributed by atoms with Gasteiger partial charge < -0.3 is 10.3 Å². The molecule has 3 aromatic rings. The van der Waals surface area contributed by atoms with Crippen molar-refractivity contribution < 1.29 is 9.72 Å². The highest BCUT2D eigenvalue weighted by Crippen LogP contribution is 2.22. The Bertz CT molecular complexity index is 825. The Hall–Kier alpha value is -3.15. The van der Waals surface area contributed by atoms with E-state index in [4.69, 9.17) is 0 Å². The van der Waals surface area contributed by atoms with Gasteiger partial charge in [-0.25, -0.2) is 0 Å². The summed E-state index contributed by atoms with van der Waals surface area (Å²) in [7, 11) is 0. The number of nitrogens with zero attached hydrogens (tertiary/aromatic N) is 1. The summed E-state index contributed by atoms with van der Waals surface area (Å²) in [6, 6.07) is 15.1. The number of H-pyrrole nitrogens is 1. The molecule has 0 saturated carbocycles. The number of rotatable bonds is 3. The minimum absolute atomic E-state index is 0.00322. The lowest BCUT2D eigenvalue weighted by molar-refractivity contribution is -0.384. The lowest BCUT2D eigenvalue weighted by Gasteiger charge is -2.02. The second-order valence-electron chi connectivity index (χ2n) is 4.53. The number of hydrogen-bond acceptors (Lipinski definition) is 3. The molecule has 0 unspecified atom stereocenters. The average Bonchev–Trinajstić information content (AvgIpc) is 2.91. The number of carbonyl (C=O) groups excluding carboxylic acids is 1. The third-order valence-electron chi connectivity index (χ3n) is 3.09. The second kappa shape index (κ2) is 5.09. The van der Waals surface area contributed by atoms with Gasteiger partial charge in [-0.15, -0.1) is 0 Å². The van der Waals surface area contributed by atoms with E-state index in [0.717, 1.165) is 0 Å². The molecule has 6 nitrogen and oxygen atoms in total. The number of non-ortho nitro benzene ring substituents is 1. The fourth-order valence-corrected chi connectivity index (χ4v) is 2.08. The number of carbonyl (C=O) groups is 1. The number of aromatic nitrogens is 1. The van der Waals surface area contributed by atoms with Gasteiger partial charge in [0.15, 0.2) is 0 Å². The highest BCUT2D eigenvalue weighted by molar-refractivity contribution is 6.06. The van der Waals surface area contributed by atoms with Gasteiger partial charge in [0.05, 0.1) is 4.92 Å². The predicted molar refractivity (Wildman–Crippen MR) is 79.3 cm³/mol. The Morgan fingerprint density at radius 2 is 1.86 bits per heavy atom. The quantitative estimate of drug-likeness (QED) is 0.570. The number of anilines is 1. The molecule has 0 bridgehead atoms. The van der Waals surface area contributed by atoms with Crippen LogP contribution in [0.15, 0.2) is 54.6 Å². The first-order chi connectivity index (χ1) is 10.1. The molecule has 0 spiro atoms. The Balaban J connectivity index is 1.90. The summed E-state index contributed by atoms with van der Waals surface area (Å²) in [6.07, 6.45) is 0. The third kappa shape index (κ3) is 2.59. The summed E-state index contributed by atoms with van der Waals surface area (Å²) in [5, 5.41) is 14.1. The monoisotopic (exact) mass is 281 g/mol.